The summed E-state index contributed by atoms with van der Waals surface area (Å²) in [6.07, 6.45) is 6.29. The molecule has 3 N–H and O–H groups in total. The van der Waals surface area contributed by atoms with E-state index in [1.165, 1.54) is 11.1 Å². The first-order chi connectivity index (χ1) is 13.2. The number of aromatic nitrogens is 4. The second-order valence-electron chi connectivity index (χ2n) is 6.88. The number of nitrogens with two attached hydrogens (primary N) is 1. The zero-order valence-electron chi connectivity index (χ0n) is 15.4. The van der Waals surface area contributed by atoms with E-state index in [2.05, 4.69) is 33.4 Å². The van der Waals surface area contributed by atoms with Gasteiger partial charge in [0.05, 0.1) is 10.9 Å². The van der Waals surface area contributed by atoms with Gasteiger partial charge in [0, 0.05) is 30.0 Å². The van der Waals surface area contributed by atoms with Gasteiger partial charge in [-0.25, -0.2) is 0 Å². The van der Waals surface area contributed by atoms with Gasteiger partial charge in [0.25, 0.3) is 5.56 Å². The Bertz CT molecular complexity index is 1140. The summed E-state index contributed by atoms with van der Waals surface area (Å²) >= 11 is 0. The first-order valence-electron chi connectivity index (χ1n) is 9.28. The number of H-pyrrole nitrogens is 1. The van der Waals surface area contributed by atoms with Gasteiger partial charge in [-0.2, -0.15) is 5.10 Å². The van der Waals surface area contributed by atoms with Crippen LogP contribution in [0.5, 0.6) is 0 Å². The van der Waals surface area contributed by atoms with Crippen LogP contribution in [0, 0.1) is 6.92 Å². The van der Waals surface area contributed by atoms with E-state index >= 15 is 0 Å². The second-order valence-corrected chi connectivity index (χ2v) is 6.88. The van der Waals surface area contributed by atoms with Crippen LogP contribution in [0.2, 0.25) is 0 Å². The summed E-state index contributed by atoms with van der Waals surface area (Å²) < 4.78 is 1.83. The van der Waals surface area contributed by atoms with E-state index in [0.717, 1.165) is 41.4 Å². The van der Waals surface area contributed by atoms with Crippen molar-refractivity contribution in [3.8, 4) is 0 Å². The van der Waals surface area contributed by atoms with Crippen LogP contribution in [0.1, 0.15) is 23.2 Å². The molecule has 3 aromatic heterocycles. The number of hydrogen-bond acceptors (Lipinski definition) is 4. The lowest BCUT2D eigenvalue weighted by Crippen LogP contribution is -2.22. The molecule has 1 aromatic carbocycles. The van der Waals surface area contributed by atoms with Crippen LogP contribution in [0.3, 0.4) is 0 Å². The van der Waals surface area contributed by atoms with Crippen molar-refractivity contribution in [1.82, 2.24) is 19.7 Å². The molecule has 0 spiro atoms. The fourth-order valence-corrected chi connectivity index (χ4v) is 3.60. The van der Waals surface area contributed by atoms with E-state index in [4.69, 9.17) is 5.73 Å². The Morgan fingerprint density at radius 2 is 2.04 bits per heavy atom. The van der Waals surface area contributed by atoms with Gasteiger partial charge >= 0.3 is 0 Å². The summed E-state index contributed by atoms with van der Waals surface area (Å²) in [5.74, 6) is 0. The summed E-state index contributed by atoms with van der Waals surface area (Å²) in [6.45, 7) is 3.06. The average molecular weight is 361 g/mol. The topological polar surface area (TPSA) is 89.6 Å². The number of aromatic amines is 1. The highest BCUT2D eigenvalue weighted by Gasteiger charge is 2.15. The molecule has 0 aliphatic carbocycles. The molecule has 0 saturated carbocycles. The molecule has 3 heterocycles. The van der Waals surface area contributed by atoms with Gasteiger partial charge in [-0.05, 0) is 62.1 Å². The van der Waals surface area contributed by atoms with Crippen molar-refractivity contribution >= 4 is 21.8 Å². The summed E-state index contributed by atoms with van der Waals surface area (Å²) in [6, 6.07) is 10.3. The molecule has 138 valence electrons. The first kappa shape index (κ1) is 17.4. The molecule has 6 heteroatoms. The lowest BCUT2D eigenvalue weighted by molar-refractivity contribution is 0.654. The molecule has 0 fully saturated rings. The third kappa shape index (κ3) is 3.24. The summed E-state index contributed by atoms with van der Waals surface area (Å²) in [5, 5.41) is 9.07. The van der Waals surface area contributed by atoms with Crippen molar-refractivity contribution in [2.45, 2.75) is 32.7 Å². The van der Waals surface area contributed by atoms with Gasteiger partial charge in [0.15, 0.2) is 0 Å². The molecule has 0 unspecified atom stereocenters. The Hall–Kier alpha value is -2.99. The molecule has 4 rings (SSSR count). The first-order valence-corrected chi connectivity index (χ1v) is 9.28. The van der Waals surface area contributed by atoms with Crippen molar-refractivity contribution in [2.24, 2.45) is 5.73 Å². The minimum absolute atomic E-state index is 0.000287. The normalized spacial score (nSPS) is 11.5. The van der Waals surface area contributed by atoms with E-state index in [1.54, 1.807) is 6.20 Å². The monoisotopic (exact) mass is 361 g/mol. The second kappa shape index (κ2) is 7.32. The van der Waals surface area contributed by atoms with Crippen molar-refractivity contribution in [2.75, 3.05) is 6.54 Å². The predicted octanol–water partition coefficient (Wildman–Crippen LogP) is 2.72. The van der Waals surface area contributed by atoms with Crippen LogP contribution in [0.4, 0.5) is 0 Å². The van der Waals surface area contributed by atoms with Crippen molar-refractivity contribution in [3.05, 3.63) is 69.9 Å². The largest absolute Gasteiger partial charge is 0.330 e. The fourth-order valence-electron chi connectivity index (χ4n) is 3.60. The van der Waals surface area contributed by atoms with Crippen LogP contribution < -0.4 is 11.3 Å². The van der Waals surface area contributed by atoms with Crippen LogP contribution in [0.15, 0.2) is 47.5 Å². The van der Waals surface area contributed by atoms with Crippen LogP contribution >= 0.6 is 0 Å². The van der Waals surface area contributed by atoms with Gasteiger partial charge in [-0.1, -0.05) is 12.1 Å². The highest BCUT2D eigenvalue weighted by molar-refractivity contribution is 6.04. The Morgan fingerprint density at radius 3 is 2.81 bits per heavy atom. The molecule has 0 saturated heterocycles. The quantitative estimate of drug-likeness (QED) is 0.552. The number of rotatable bonds is 6. The van der Waals surface area contributed by atoms with Gasteiger partial charge < -0.3 is 10.3 Å². The molecule has 4 aromatic rings. The zero-order chi connectivity index (χ0) is 18.8. The van der Waals surface area contributed by atoms with Gasteiger partial charge in [-0.3, -0.25) is 14.9 Å². The molecule has 0 radical (unpaired) electrons. The molecular formula is C21H23N5O. The summed E-state index contributed by atoms with van der Waals surface area (Å²) in [5.41, 5.74) is 10.6. The van der Waals surface area contributed by atoms with Crippen LogP contribution in [-0.4, -0.2) is 26.3 Å². The van der Waals surface area contributed by atoms with E-state index in [-0.39, 0.29) is 5.56 Å². The summed E-state index contributed by atoms with van der Waals surface area (Å²) in [7, 11) is 0. The standard InChI is InChI=1S/C21H23N5O/c1-14-19-20(25-24-14)17-12-15(5-6-16-4-2-10-23-13-16)7-8-18(17)26(21(19)27)11-3-9-22/h2,4,7-8,10,12-13H,3,5-6,9,11,22H2,1H3,(H,24,25). The highest BCUT2D eigenvalue weighted by atomic mass is 16.1. The number of hydrogen-bond donors (Lipinski definition) is 2. The maximum Gasteiger partial charge on any atom is 0.262 e. The number of aryl methyl sites for hydroxylation is 4. The lowest BCUT2D eigenvalue weighted by Gasteiger charge is -2.12. The van der Waals surface area contributed by atoms with Crippen molar-refractivity contribution < 1.29 is 0 Å². The maximum absolute atomic E-state index is 13.0. The number of benzene rings is 1. The molecule has 0 aliphatic heterocycles. The Morgan fingerprint density at radius 1 is 1.19 bits per heavy atom. The molecule has 0 aliphatic rings. The third-order valence-corrected chi connectivity index (χ3v) is 5.02. The van der Waals surface area contributed by atoms with Gasteiger partial charge in [0.1, 0.15) is 5.52 Å². The molecule has 0 amide bonds. The Kier molecular flexibility index (Phi) is 4.73. The minimum Gasteiger partial charge on any atom is -0.330 e. The lowest BCUT2D eigenvalue weighted by atomic mass is 10.0. The minimum atomic E-state index is 0.000287. The van der Waals surface area contributed by atoms with Gasteiger partial charge in [0.2, 0.25) is 0 Å². The number of nitrogens with one attached hydrogen (secondary N) is 1. The maximum atomic E-state index is 13.0. The van der Waals surface area contributed by atoms with E-state index in [0.29, 0.717) is 18.5 Å². The van der Waals surface area contributed by atoms with Crippen LogP contribution in [0.25, 0.3) is 21.8 Å². The van der Waals surface area contributed by atoms with Crippen LogP contribution in [-0.2, 0) is 19.4 Å². The van der Waals surface area contributed by atoms with E-state index in [1.807, 2.05) is 29.8 Å². The van der Waals surface area contributed by atoms with Crippen molar-refractivity contribution in [1.29, 1.82) is 0 Å². The molecule has 0 bridgehead atoms. The number of fused-ring (bicyclic) bond motifs is 3. The fraction of sp³-hybridized carbons (Fsp3) is 0.286. The third-order valence-electron chi connectivity index (χ3n) is 5.02. The highest BCUT2D eigenvalue weighted by Crippen LogP contribution is 2.24. The van der Waals surface area contributed by atoms with E-state index in [9.17, 15) is 4.79 Å². The Balaban J connectivity index is 1.81. The number of nitrogens with zero attached hydrogens (tertiary/aromatic N) is 3. The Labute approximate surface area is 157 Å². The van der Waals surface area contributed by atoms with Crippen molar-refractivity contribution in [3.63, 3.8) is 0 Å². The number of pyridine rings is 2. The SMILES string of the molecule is Cc1[nH]nc2c1c(=O)n(CCCN)c1ccc(CCc3cccnc3)cc21. The summed E-state index contributed by atoms with van der Waals surface area (Å²) in [4.78, 5) is 17.2. The molecular weight excluding hydrogens is 338 g/mol. The average Bonchev–Trinajstić information content (AvgIpc) is 3.09. The van der Waals surface area contributed by atoms with E-state index < -0.39 is 0 Å². The molecule has 6 nitrogen and oxygen atoms in total. The zero-order valence-corrected chi connectivity index (χ0v) is 15.4. The smallest absolute Gasteiger partial charge is 0.262 e. The predicted molar refractivity (Wildman–Crippen MR) is 108 cm³/mol. The van der Waals surface area contributed by atoms with Gasteiger partial charge in [-0.15, -0.1) is 0 Å². The molecule has 27 heavy (non-hydrogen) atoms. The molecule has 0 atom stereocenters.